The normalized spacial score (nSPS) is 25.3. The minimum atomic E-state index is -3.29. The predicted octanol–water partition coefficient (Wildman–Crippen LogP) is 2.83. The molecule has 0 unspecified atom stereocenters. The molecule has 1 saturated heterocycles. The van der Waals surface area contributed by atoms with Gasteiger partial charge >= 0.3 is 0 Å². The molecule has 6 heteroatoms. The molecule has 1 heterocycles. The molecule has 1 aromatic carbocycles. The SMILES string of the molecule is O=C(C1CCC1)N1CC[C@H](c2ccccc2Cl)S(=O)(=O)CC1. The van der Waals surface area contributed by atoms with Crippen LogP contribution in [-0.2, 0) is 14.6 Å². The molecule has 0 bridgehead atoms. The van der Waals surface area contributed by atoms with E-state index in [0.29, 0.717) is 30.1 Å². The Morgan fingerprint density at radius 1 is 1.14 bits per heavy atom. The van der Waals surface area contributed by atoms with Gasteiger partial charge in [0.2, 0.25) is 5.91 Å². The number of benzene rings is 1. The fourth-order valence-corrected chi connectivity index (χ4v) is 5.31. The fourth-order valence-electron chi connectivity index (χ4n) is 3.16. The van der Waals surface area contributed by atoms with Gasteiger partial charge in [-0.1, -0.05) is 36.2 Å². The van der Waals surface area contributed by atoms with Gasteiger partial charge in [0, 0.05) is 24.0 Å². The summed E-state index contributed by atoms with van der Waals surface area (Å²) >= 11 is 6.17. The summed E-state index contributed by atoms with van der Waals surface area (Å²) in [5.74, 6) is 0.252. The highest BCUT2D eigenvalue weighted by molar-refractivity contribution is 7.91. The average Bonchev–Trinajstić information content (AvgIpc) is 2.56. The lowest BCUT2D eigenvalue weighted by Crippen LogP contribution is -2.40. The van der Waals surface area contributed by atoms with Crippen molar-refractivity contribution in [3.63, 3.8) is 0 Å². The van der Waals surface area contributed by atoms with Crippen molar-refractivity contribution in [3.8, 4) is 0 Å². The topological polar surface area (TPSA) is 54.5 Å². The maximum Gasteiger partial charge on any atom is 0.225 e. The number of carbonyl (C=O) groups is 1. The molecule has 0 radical (unpaired) electrons. The molecule has 22 heavy (non-hydrogen) atoms. The molecule has 2 fully saturated rings. The molecule has 1 aliphatic carbocycles. The molecule has 1 aromatic rings. The molecule has 3 rings (SSSR count). The van der Waals surface area contributed by atoms with Crippen molar-refractivity contribution in [1.29, 1.82) is 0 Å². The fraction of sp³-hybridized carbons (Fsp3) is 0.562. The van der Waals surface area contributed by atoms with Gasteiger partial charge in [-0.3, -0.25) is 4.79 Å². The van der Waals surface area contributed by atoms with E-state index < -0.39 is 15.1 Å². The first kappa shape index (κ1) is 15.8. The number of carbonyl (C=O) groups excluding carboxylic acids is 1. The summed E-state index contributed by atoms with van der Waals surface area (Å²) in [5.41, 5.74) is 0.655. The zero-order chi connectivity index (χ0) is 15.7. The van der Waals surface area contributed by atoms with E-state index in [4.69, 9.17) is 11.6 Å². The van der Waals surface area contributed by atoms with Crippen LogP contribution in [0.4, 0.5) is 0 Å². The number of amides is 1. The van der Waals surface area contributed by atoms with Gasteiger partial charge in [-0.2, -0.15) is 0 Å². The van der Waals surface area contributed by atoms with Gasteiger partial charge in [0.15, 0.2) is 9.84 Å². The van der Waals surface area contributed by atoms with Crippen LogP contribution in [0.3, 0.4) is 0 Å². The van der Waals surface area contributed by atoms with E-state index in [0.717, 1.165) is 19.3 Å². The van der Waals surface area contributed by atoms with Crippen molar-refractivity contribution in [1.82, 2.24) is 4.90 Å². The van der Waals surface area contributed by atoms with Crippen LogP contribution in [0.25, 0.3) is 0 Å². The Morgan fingerprint density at radius 3 is 2.50 bits per heavy atom. The number of hydrogen-bond donors (Lipinski definition) is 0. The second-order valence-corrected chi connectivity index (χ2v) is 8.83. The summed E-state index contributed by atoms with van der Waals surface area (Å²) < 4.78 is 25.2. The Kier molecular flexibility index (Phi) is 4.46. The molecule has 0 spiro atoms. The van der Waals surface area contributed by atoms with Crippen LogP contribution in [0.1, 0.15) is 36.5 Å². The lowest BCUT2D eigenvalue weighted by Gasteiger charge is -2.30. The molecule has 0 aromatic heterocycles. The van der Waals surface area contributed by atoms with Crippen LogP contribution in [-0.4, -0.2) is 38.1 Å². The Hall–Kier alpha value is -1.07. The van der Waals surface area contributed by atoms with Crippen LogP contribution < -0.4 is 0 Å². The first-order valence-electron chi connectivity index (χ1n) is 7.74. The quantitative estimate of drug-likeness (QED) is 0.831. The Bertz CT molecular complexity index is 670. The number of rotatable bonds is 2. The van der Waals surface area contributed by atoms with Crippen molar-refractivity contribution in [2.75, 3.05) is 18.8 Å². The zero-order valence-corrected chi connectivity index (χ0v) is 13.9. The van der Waals surface area contributed by atoms with Gasteiger partial charge in [-0.15, -0.1) is 0 Å². The minimum absolute atomic E-state index is 0.0152. The van der Waals surface area contributed by atoms with Crippen LogP contribution in [0.2, 0.25) is 5.02 Å². The van der Waals surface area contributed by atoms with E-state index in [1.54, 1.807) is 29.2 Å². The molecule has 1 aliphatic heterocycles. The molecule has 1 amide bonds. The maximum atomic E-state index is 12.6. The first-order chi connectivity index (χ1) is 10.5. The maximum absolute atomic E-state index is 12.6. The summed E-state index contributed by atoms with van der Waals surface area (Å²) in [6.07, 6.45) is 3.40. The third-order valence-corrected chi connectivity index (χ3v) is 7.21. The molecule has 120 valence electrons. The molecule has 2 aliphatic rings. The highest BCUT2D eigenvalue weighted by Crippen LogP contribution is 2.35. The Balaban J connectivity index is 1.81. The molecule has 4 nitrogen and oxygen atoms in total. The van der Waals surface area contributed by atoms with Gasteiger partial charge in [0.1, 0.15) is 0 Å². The summed E-state index contributed by atoms with van der Waals surface area (Å²) in [4.78, 5) is 14.1. The highest BCUT2D eigenvalue weighted by atomic mass is 35.5. The lowest BCUT2D eigenvalue weighted by atomic mass is 9.84. The van der Waals surface area contributed by atoms with Crippen molar-refractivity contribution in [2.24, 2.45) is 5.92 Å². The van der Waals surface area contributed by atoms with E-state index in [1.165, 1.54) is 0 Å². The largest absolute Gasteiger partial charge is 0.341 e. The molecular formula is C16H20ClNO3S. The van der Waals surface area contributed by atoms with Crippen LogP contribution >= 0.6 is 11.6 Å². The van der Waals surface area contributed by atoms with Gasteiger partial charge < -0.3 is 4.90 Å². The highest BCUT2D eigenvalue weighted by Gasteiger charge is 2.36. The van der Waals surface area contributed by atoms with Gasteiger partial charge in [-0.05, 0) is 30.9 Å². The second kappa shape index (κ2) is 6.20. The third kappa shape index (κ3) is 3.01. The monoisotopic (exact) mass is 341 g/mol. The van der Waals surface area contributed by atoms with E-state index in [-0.39, 0.29) is 17.6 Å². The summed E-state index contributed by atoms with van der Waals surface area (Å²) in [6, 6.07) is 7.09. The van der Waals surface area contributed by atoms with Gasteiger partial charge in [0.05, 0.1) is 11.0 Å². The number of nitrogens with zero attached hydrogens (tertiary/aromatic N) is 1. The van der Waals surface area contributed by atoms with Crippen molar-refractivity contribution < 1.29 is 13.2 Å². The Morgan fingerprint density at radius 2 is 1.86 bits per heavy atom. The van der Waals surface area contributed by atoms with Crippen LogP contribution in [0.5, 0.6) is 0 Å². The smallest absolute Gasteiger partial charge is 0.225 e. The Labute approximate surface area is 136 Å². The van der Waals surface area contributed by atoms with Crippen molar-refractivity contribution >= 4 is 27.3 Å². The minimum Gasteiger partial charge on any atom is -0.341 e. The first-order valence-corrected chi connectivity index (χ1v) is 9.83. The summed E-state index contributed by atoms with van der Waals surface area (Å²) in [6.45, 7) is 0.795. The number of halogens is 1. The third-order valence-electron chi connectivity index (χ3n) is 4.76. The van der Waals surface area contributed by atoms with Crippen molar-refractivity contribution in [2.45, 2.75) is 30.9 Å². The summed E-state index contributed by atoms with van der Waals surface area (Å²) in [5, 5.41) is -0.129. The second-order valence-electron chi connectivity index (χ2n) is 6.12. The molecule has 1 atom stereocenters. The van der Waals surface area contributed by atoms with Crippen LogP contribution in [0, 0.1) is 5.92 Å². The van der Waals surface area contributed by atoms with E-state index in [9.17, 15) is 13.2 Å². The van der Waals surface area contributed by atoms with E-state index >= 15 is 0 Å². The molecular weight excluding hydrogens is 322 g/mol. The van der Waals surface area contributed by atoms with E-state index in [1.807, 2.05) is 0 Å². The summed E-state index contributed by atoms with van der Waals surface area (Å²) in [7, 11) is -3.29. The van der Waals surface area contributed by atoms with Gasteiger partial charge in [-0.25, -0.2) is 8.42 Å². The van der Waals surface area contributed by atoms with E-state index in [2.05, 4.69) is 0 Å². The lowest BCUT2D eigenvalue weighted by molar-refractivity contribution is -0.137. The standard InChI is InChI=1S/C16H20ClNO3S/c17-14-7-2-1-6-13(14)15-8-9-18(10-11-22(15,20)21)16(19)12-4-3-5-12/h1-2,6-7,12,15H,3-5,8-11H2/t15-/m1/s1. The van der Waals surface area contributed by atoms with Crippen LogP contribution in [0.15, 0.2) is 24.3 Å². The average molecular weight is 342 g/mol. The molecule has 0 N–H and O–H groups in total. The van der Waals surface area contributed by atoms with Gasteiger partial charge in [0.25, 0.3) is 0 Å². The predicted molar refractivity (Wildman–Crippen MR) is 86.5 cm³/mol. The zero-order valence-electron chi connectivity index (χ0n) is 12.4. The number of sulfone groups is 1. The number of hydrogen-bond acceptors (Lipinski definition) is 3. The van der Waals surface area contributed by atoms with Crippen molar-refractivity contribution in [3.05, 3.63) is 34.9 Å². The molecule has 1 saturated carbocycles.